The SMILES string of the molecule is CN(CC(F)(F)F)c1cc(F)cc(F)c1N. The fourth-order valence-electron chi connectivity index (χ4n) is 1.24. The van der Waals surface area contributed by atoms with Crippen molar-refractivity contribution in [1.29, 1.82) is 0 Å². The minimum Gasteiger partial charge on any atom is -0.395 e. The Kier molecular flexibility index (Phi) is 3.25. The van der Waals surface area contributed by atoms with E-state index in [-0.39, 0.29) is 5.69 Å². The average Bonchev–Trinajstić information content (AvgIpc) is 2.08. The topological polar surface area (TPSA) is 29.3 Å². The lowest BCUT2D eigenvalue weighted by Gasteiger charge is -2.22. The molecule has 0 amide bonds. The second kappa shape index (κ2) is 4.15. The Balaban J connectivity index is 3.04. The van der Waals surface area contributed by atoms with E-state index in [4.69, 9.17) is 5.73 Å². The summed E-state index contributed by atoms with van der Waals surface area (Å²) in [6, 6.07) is 1.27. The number of halogens is 5. The van der Waals surface area contributed by atoms with Gasteiger partial charge in [-0.3, -0.25) is 0 Å². The molecule has 0 radical (unpaired) electrons. The highest BCUT2D eigenvalue weighted by atomic mass is 19.4. The molecule has 0 unspecified atom stereocenters. The van der Waals surface area contributed by atoms with E-state index in [0.717, 1.165) is 13.1 Å². The first-order chi connectivity index (χ1) is 7.20. The third-order valence-corrected chi connectivity index (χ3v) is 1.90. The summed E-state index contributed by atoms with van der Waals surface area (Å²) in [4.78, 5) is 0.640. The van der Waals surface area contributed by atoms with Crippen LogP contribution in [0, 0.1) is 11.6 Å². The van der Waals surface area contributed by atoms with Gasteiger partial charge in [-0.05, 0) is 6.07 Å². The number of hydrogen-bond acceptors (Lipinski definition) is 2. The zero-order chi connectivity index (χ0) is 12.5. The lowest BCUT2D eigenvalue weighted by atomic mass is 10.2. The molecule has 0 spiro atoms. The fraction of sp³-hybridized carbons (Fsp3) is 0.333. The summed E-state index contributed by atoms with van der Waals surface area (Å²) < 4.78 is 61.9. The summed E-state index contributed by atoms with van der Waals surface area (Å²) in [5.74, 6) is -2.06. The highest BCUT2D eigenvalue weighted by Crippen LogP contribution is 2.28. The Morgan fingerprint density at radius 1 is 1.25 bits per heavy atom. The van der Waals surface area contributed by atoms with Crippen molar-refractivity contribution in [3.05, 3.63) is 23.8 Å². The highest BCUT2D eigenvalue weighted by molar-refractivity contribution is 5.68. The molecule has 16 heavy (non-hydrogen) atoms. The van der Waals surface area contributed by atoms with Crippen molar-refractivity contribution >= 4 is 11.4 Å². The van der Waals surface area contributed by atoms with Gasteiger partial charge in [0.15, 0.2) is 5.82 Å². The van der Waals surface area contributed by atoms with E-state index in [1.54, 1.807) is 0 Å². The van der Waals surface area contributed by atoms with Crippen LogP contribution in [0.4, 0.5) is 33.3 Å². The molecule has 2 N–H and O–H groups in total. The zero-order valence-corrected chi connectivity index (χ0v) is 8.28. The molecule has 90 valence electrons. The molecule has 0 heterocycles. The van der Waals surface area contributed by atoms with Crippen molar-refractivity contribution in [3.63, 3.8) is 0 Å². The third-order valence-electron chi connectivity index (χ3n) is 1.90. The van der Waals surface area contributed by atoms with Crippen LogP contribution >= 0.6 is 0 Å². The van der Waals surface area contributed by atoms with Crippen LogP contribution in [-0.2, 0) is 0 Å². The van der Waals surface area contributed by atoms with E-state index >= 15 is 0 Å². The van der Waals surface area contributed by atoms with Crippen molar-refractivity contribution in [3.8, 4) is 0 Å². The van der Waals surface area contributed by atoms with Crippen LogP contribution in [0.15, 0.2) is 12.1 Å². The minimum atomic E-state index is -4.47. The number of alkyl halides is 3. The second-order valence-electron chi connectivity index (χ2n) is 3.29. The van der Waals surface area contributed by atoms with Gasteiger partial charge in [-0.2, -0.15) is 13.2 Å². The van der Waals surface area contributed by atoms with Gasteiger partial charge >= 0.3 is 6.18 Å². The Morgan fingerprint density at radius 2 is 1.81 bits per heavy atom. The second-order valence-corrected chi connectivity index (χ2v) is 3.29. The van der Waals surface area contributed by atoms with Crippen molar-refractivity contribution in [1.82, 2.24) is 0 Å². The van der Waals surface area contributed by atoms with E-state index in [1.807, 2.05) is 0 Å². The van der Waals surface area contributed by atoms with Gasteiger partial charge < -0.3 is 10.6 Å². The first-order valence-corrected chi connectivity index (χ1v) is 4.23. The third kappa shape index (κ3) is 2.98. The average molecular weight is 240 g/mol. The van der Waals surface area contributed by atoms with Crippen LogP contribution in [0.1, 0.15) is 0 Å². The first kappa shape index (κ1) is 12.5. The van der Waals surface area contributed by atoms with Gasteiger partial charge in [0.2, 0.25) is 0 Å². The maximum Gasteiger partial charge on any atom is 0.405 e. The predicted molar refractivity (Wildman–Crippen MR) is 50.1 cm³/mol. The van der Waals surface area contributed by atoms with Crippen LogP contribution in [0.3, 0.4) is 0 Å². The molecular weight excluding hydrogens is 231 g/mol. The smallest absolute Gasteiger partial charge is 0.395 e. The lowest BCUT2D eigenvalue weighted by molar-refractivity contribution is -0.119. The Bertz CT molecular complexity index is 388. The predicted octanol–water partition coefficient (Wildman–Crippen LogP) is 2.55. The van der Waals surface area contributed by atoms with Crippen molar-refractivity contribution < 1.29 is 22.0 Å². The van der Waals surface area contributed by atoms with Crippen LogP contribution in [0.2, 0.25) is 0 Å². The summed E-state index contributed by atoms with van der Waals surface area (Å²) in [7, 11) is 1.05. The molecule has 0 aliphatic heterocycles. The highest BCUT2D eigenvalue weighted by Gasteiger charge is 2.30. The molecule has 0 atom stereocenters. The molecule has 1 rings (SSSR count). The van der Waals surface area contributed by atoms with Crippen LogP contribution < -0.4 is 10.6 Å². The van der Waals surface area contributed by atoms with Crippen LogP contribution in [-0.4, -0.2) is 19.8 Å². The number of nitrogens with zero attached hydrogens (tertiary/aromatic N) is 1. The maximum atomic E-state index is 13.0. The van der Waals surface area contributed by atoms with E-state index in [9.17, 15) is 22.0 Å². The minimum absolute atomic E-state index is 0.324. The molecule has 0 aliphatic carbocycles. The van der Waals surface area contributed by atoms with Crippen LogP contribution in [0.5, 0.6) is 0 Å². The molecule has 7 heteroatoms. The molecule has 0 bridgehead atoms. The molecule has 0 fully saturated rings. The number of anilines is 2. The maximum absolute atomic E-state index is 13.0. The fourth-order valence-corrected chi connectivity index (χ4v) is 1.24. The number of hydrogen-bond donors (Lipinski definition) is 1. The first-order valence-electron chi connectivity index (χ1n) is 4.23. The van der Waals surface area contributed by atoms with Crippen LogP contribution in [0.25, 0.3) is 0 Å². The summed E-state index contributed by atoms with van der Waals surface area (Å²) in [5, 5.41) is 0. The number of benzene rings is 1. The summed E-state index contributed by atoms with van der Waals surface area (Å²) >= 11 is 0. The van der Waals surface area contributed by atoms with Gasteiger partial charge in [-0.15, -0.1) is 0 Å². The van der Waals surface area contributed by atoms with Gasteiger partial charge in [0.1, 0.15) is 12.4 Å². The summed E-state index contributed by atoms with van der Waals surface area (Å²) in [5.41, 5.74) is 4.39. The molecule has 1 aromatic carbocycles. The lowest BCUT2D eigenvalue weighted by Crippen LogP contribution is -2.31. The van der Waals surface area contributed by atoms with Gasteiger partial charge in [0.05, 0.1) is 11.4 Å². The van der Waals surface area contributed by atoms with E-state index in [0.29, 0.717) is 11.0 Å². The van der Waals surface area contributed by atoms with Gasteiger partial charge in [-0.1, -0.05) is 0 Å². The molecule has 2 nitrogen and oxygen atoms in total. The largest absolute Gasteiger partial charge is 0.405 e. The summed E-state index contributed by atoms with van der Waals surface area (Å²) in [6.07, 6.45) is -4.47. The van der Waals surface area contributed by atoms with E-state index < -0.39 is 30.0 Å². The van der Waals surface area contributed by atoms with E-state index in [2.05, 4.69) is 0 Å². The quantitative estimate of drug-likeness (QED) is 0.635. The summed E-state index contributed by atoms with van der Waals surface area (Å²) in [6.45, 7) is -1.33. The molecule has 0 saturated heterocycles. The van der Waals surface area contributed by atoms with E-state index in [1.165, 1.54) is 0 Å². The Morgan fingerprint density at radius 3 is 2.31 bits per heavy atom. The molecular formula is C9H9F5N2. The van der Waals surface area contributed by atoms with Crippen molar-refractivity contribution in [2.24, 2.45) is 0 Å². The Labute approximate surface area is 88.5 Å². The molecule has 0 aromatic heterocycles. The monoisotopic (exact) mass is 240 g/mol. The number of rotatable bonds is 2. The van der Waals surface area contributed by atoms with Gasteiger partial charge in [0, 0.05) is 13.1 Å². The van der Waals surface area contributed by atoms with Gasteiger partial charge in [0.25, 0.3) is 0 Å². The number of nitrogen functional groups attached to an aromatic ring is 1. The molecule has 1 aromatic rings. The zero-order valence-electron chi connectivity index (χ0n) is 8.28. The Hall–Kier alpha value is -1.53. The van der Waals surface area contributed by atoms with Gasteiger partial charge in [-0.25, -0.2) is 8.78 Å². The normalized spacial score (nSPS) is 11.6. The molecule has 0 saturated carbocycles. The molecule has 0 aliphatic rings. The van der Waals surface area contributed by atoms with Crippen molar-refractivity contribution in [2.75, 3.05) is 24.2 Å². The number of nitrogens with two attached hydrogens (primary N) is 1. The van der Waals surface area contributed by atoms with Crippen molar-refractivity contribution in [2.45, 2.75) is 6.18 Å². The standard InChI is InChI=1S/C9H9F5N2/c1-16(4-9(12,13)14)7-3-5(10)2-6(11)8(7)15/h2-3H,4,15H2,1H3.